The Labute approximate surface area is 101 Å². The van der Waals surface area contributed by atoms with E-state index in [9.17, 15) is 9.90 Å². The van der Waals surface area contributed by atoms with Crippen LogP contribution in [0.1, 0.15) is 26.7 Å². The van der Waals surface area contributed by atoms with E-state index in [1.165, 1.54) is 7.11 Å². The number of nitrogens with two attached hydrogens (primary N) is 1. The van der Waals surface area contributed by atoms with Crippen molar-refractivity contribution in [1.82, 2.24) is 0 Å². The molecule has 0 amide bonds. The van der Waals surface area contributed by atoms with Crippen LogP contribution in [0.4, 0.5) is 0 Å². The van der Waals surface area contributed by atoms with Crippen molar-refractivity contribution in [3.8, 4) is 0 Å². The number of nitrogens with one attached hydrogen (secondary N) is 1. The van der Waals surface area contributed by atoms with Gasteiger partial charge in [-0.1, -0.05) is 0 Å². The summed E-state index contributed by atoms with van der Waals surface area (Å²) in [6, 6.07) is 0.189. The molecule has 6 nitrogen and oxygen atoms in total. The highest BCUT2D eigenvalue weighted by molar-refractivity contribution is 6.30. The van der Waals surface area contributed by atoms with Crippen molar-refractivity contribution in [3.63, 3.8) is 0 Å². The van der Waals surface area contributed by atoms with E-state index in [1.807, 2.05) is 6.92 Å². The molecule has 0 aromatic rings. The Morgan fingerprint density at radius 2 is 2.29 bits per heavy atom. The Morgan fingerprint density at radius 1 is 1.71 bits per heavy atom. The summed E-state index contributed by atoms with van der Waals surface area (Å²) in [6.45, 7) is 3.47. The molecule has 1 atom stereocenters. The van der Waals surface area contributed by atoms with E-state index in [4.69, 9.17) is 10.6 Å². The van der Waals surface area contributed by atoms with E-state index >= 15 is 0 Å². The van der Waals surface area contributed by atoms with Gasteiger partial charge in [0, 0.05) is 12.8 Å². The number of aliphatic hydroxyl groups is 1. The van der Waals surface area contributed by atoms with Crippen LogP contribution >= 0.6 is 0 Å². The highest BCUT2D eigenvalue weighted by Crippen LogP contribution is 2.39. The van der Waals surface area contributed by atoms with E-state index in [0.717, 1.165) is 0 Å². The first-order valence-electron chi connectivity index (χ1n) is 5.56. The van der Waals surface area contributed by atoms with E-state index in [0.29, 0.717) is 18.6 Å². The summed E-state index contributed by atoms with van der Waals surface area (Å²) in [5.74, 6) is 4.94. The summed E-state index contributed by atoms with van der Waals surface area (Å²) in [7, 11) is 1.40. The second-order valence-corrected chi connectivity index (χ2v) is 4.70. The van der Waals surface area contributed by atoms with Gasteiger partial charge in [0.15, 0.2) is 18.0 Å². The summed E-state index contributed by atoms with van der Waals surface area (Å²) in [5, 5.41) is 12.8. The Morgan fingerprint density at radius 3 is 2.71 bits per heavy atom. The summed E-state index contributed by atoms with van der Waals surface area (Å²) >= 11 is 0. The number of aliphatic hydroxyl groups excluding tert-OH is 1. The van der Waals surface area contributed by atoms with Gasteiger partial charge in [-0.05, 0) is 13.8 Å². The Balaban J connectivity index is 2.49. The maximum absolute atomic E-state index is 11.4. The van der Waals surface area contributed by atoms with Gasteiger partial charge in [0.2, 0.25) is 0 Å². The van der Waals surface area contributed by atoms with Crippen LogP contribution in [0.15, 0.2) is 5.10 Å². The zero-order valence-electron chi connectivity index (χ0n) is 10.4. The Kier molecular flexibility index (Phi) is 4.22. The number of hydrogen-bond acceptors (Lipinski definition) is 5. The molecule has 96 valence electrons. The number of rotatable bonds is 4. The summed E-state index contributed by atoms with van der Waals surface area (Å²) < 4.78 is 4.73. The van der Waals surface area contributed by atoms with Crippen molar-refractivity contribution in [3.05, 3.63) is 0 Å². The first kappa shape index (κ1) is 13.6. The lowest BCUT2D eigenvalue weighted by Crippen LogP contribution is -2.82. The van der Waals surface area contributed by atoms with Gasteiger partial charge in [-0.25, -0.2) is 4.99 Å². The van der Waals surface area contributed by atoms with Gasteiger partial charge >= 0.3 is 5.97 Å². The third-order valence-electron chi connectivity index (χ3n) is 3.12. The molecule has 0 aliphatic heterocycles. The number of esters is 1. The minimum Gasteiger partial charge on any atom is -0.469 e. The molecule has 1 rings (SSSR count). The highest BCUT2D eigenvalue weighted by atomic mass is 16.5. The molecule has 0 aromatic heterocycles. The zero-order chi connectivity index (χ0) is 13.1. The second kappa shape index (κ2) is 5.27. The third kappa shape index (κ3) is 3.03. The van der Waals surface area contributed by atoms with Crippen molar-refractivity contribution in [2.75, 3.05) is 7.11 Å². The van der Waals surface area contributed by atoms with Gasteiger partial charge in [-0.15, -0.1) is 0 Å². The molecule has 0 unspecified atom stereocenters. The van der Waals surface area contributed by atoms with Crippen molar-refractivity contribution >= 4 is 17.9 Å². The van der Waals surface area contributed by atoms with E-state index in [1.54, 1.807) is 13.1 Å². The zero-order valence-corrected chi connectivity index (χ0v) is 10.4. The Hall–Kier alpha value is -1.43. The SMILES string of the molecule is COC(=O)C1(C)CC([NH+]=C/C(=N\N)[C@H](C)O)C1. The minimum absolute atomic E-state index is 0.182. The second-order valence-electron chi connectivity index (χ2n) is 4.70. The van der Waals surface area contributed by atoms with Crippen LogP contribution in [0.3, 0.4) is 0 Å². The lowest BCUT2D eigenvalue weighted by atomic mass is 9.67. The summed E-state index contributed by atoms with van der Waals surface area (Å²) in [5.41, 5.74) is -0.0119. The van der Waals surface area contributed by atoms with Crippen LogP contribution in [0.25, 0.3) is 0 Å². The molecule has 1 saturated carbocycles. The van der Waals surface area contributed by atoms with Crippen molar-refractivity contribution in [1.29, 1.82) is 0 Å². The average Bonchev–Trinajstić information content (AvgIpc) is 2.25. The summed E-state index contributed by atoms with van der Waals surface area (Å²) in [4.78, 5) is 14.5. The molecule has 0 aromatic carbocycles. The number of ether oxygens (including phenoxy) is 1. The van der Waals surface area contributed by atoms with Gasteiger partial charge < -0.3 is 15.7 Å². The molecule has 1 aliphatic rings. The molecule has 0 saturated heterocycles. The average molecular weight is 242 g/mol. The fraction of sp³-hybridized carbons (Fsp3) is 0.727. The smallest absolute Gasteiger partial charge is 0.312 e. The number of carbonyl (C=O) groups excluding carboxylic acids is 1. The lowest BCUT2D eigenvalue weighted by molar-refractivity contribution is -0.522. The number of hydrazone groups is 1. The number of nitrogens with zero attached hydrogens (tertiary/aromatic N) is 1. The first-order valence-corrected chi connectivity index (χ1v) is 5.56. The minimum atomic E-state index is -0.709. The van der Waals surface area contributed by atoms with Gasteiger partial charge in [0.25, 0.3) is 0 Å². The Bertz CT molecular complexity index is 344. The van der Waals surface area contributed by atoms with Crippen LogP contribution in [0.2, 0.25) is 0 Å². The fourth-order valence-corrected chi connectivity index (χ4v) is 2.03. The predicted molar refractivity (Wildman–Crippen MR) is 63.5 cm³/mol. The fourth-order valence-electron chi connectivity index (χ4n) is 2.03. The highest BCUT2D eigenvalue weighted by Gasteiger charge is 2.50. The molecule has 17 heavy (non-hydrogen) atoms. The summed E-state index contributed by atoms with van der Waals surface area (Å²) in [6.07, 6.45) is 2.29. The van der Waals surface area contributed by atoms with Crippen LogP contribution in [0.5, 0.6) is 0 Å². The van der Waals surface area contributed by atoms with Crippen LogP contribution in [0, 0.1) is 5.41 Å². The monoisotopic (exact) mass is 242 g/mol. The molecule has 0 bridgehead atoms. The standard InChI is InChI=1S/C11H19N3O3/c1-7(15)9(14-12)6-13-8-4-11(2,5-8)10(16)17-3/h6-8,15H,4-5,12H2,1-3H3/p+1/b13-6?,14-9+/t7-,8?,11?/m0/s1. The molecule has 4 N–H and O–H groups in total. The first-order chi connectivity index (χ1) is 7.92. The molecular weight excluding hydrogens is 222 g/mol. The predicted octanol–water partition coefficient (Wildman–Crippen LogP) is -1.82. The normalized spacial score (nSPS) is 31.1. The maximum Gasteiger partial charge on any atom is 0.312 e. The third-order valence-corrected chi connectivity index (χ3v) is 3.12. The molecule has 1 aliphatic carbocycles. The molecule has 6 heteroatoms. The quantitative estimate of drug-likeness (QED) is 0.234. The van der Waals surface area contributed by atoms with Crippen LogP contribution in [-0.4, -0.2) is 42.3 Å². The molecule has 0 heterocycles. The number of carbonyl (C=O) groups is 1. The van der Waals surface area contributed by atoms with Gasteiger partial charge in [-0.2, -0.15) is 5.10 Å². The maximum atomic E-state index is 11.4. The van der Waals surface area contributed by atoms with E-state index in [-0.39, 0.29) is 12.0 Å². The van der Waals surface area contributed by atoms with Gasteiger partial charge in [0.1, 0.15) is 6.10 Å². The lowest BCUT2D eigenvalue weighted by Gasteiger charge is -2.36. The molecule has 0 spiro atoms. The number of methoxy groups -OCH3 is 1. The van der Waals surface area contributed by atoms with E-state index in [2.05, 4.69) is 10.1 Å². The van der Waals surface area contributed by atoms with Crippen LogP contribution < -0.4 is 10.8 Å². The number of hydrogen-bond donors (Lipinski definition) is 3. The van der Waals surface area contributed by atoms with Crippen LogP contribution in [-0.2, 0) is 9.53 Å². The molecule has 0 radical (unpaired) electrons. The van der Waals surface area contributed by atoms with Gasteiger partial charge in [-0.3, -0.25) is 4.79 Å². The van der Waals surface area contributed by atoms with E-state index < -0.39 is 11.5 Å². The largest absolute Gasteiger partial charge is 0.469 e. The topological polar surface area (TPSA) is 98.9 Å². The van der Waals surface area contributed by atoms with Crippen molar-refractivity contribution < 1.29 is 19.6 Å². The molecular formula is C11H20N3O3+. The van der Waals surface area contributed by atoms with Gasteiger partial charge in [0.05, 0.1) is 12.5 Å². The molecule has 1 fully saturated rings. The van der Waals surface area contributed by atoms with Crippen molar-refractivity contribution in [2.24, 2.45) is 16.4 Å². The van der Waals surface area contributed by atoms with Crippen molar-refractivity contribution in [2.45, 2.75) is 38.8 Å².